The van der Waals surface area contributed by atoms with Crippen molar-refractivity contribution in [1.29, 1.82) is 0 Å². The number of benzene rings is 2. The first-order valence-electron chi connectivity index (χ1n) is 9.55. The zero-order valence-electron chi connectivity index (χ0n) is 15.7. The molecule has 0 spiro atoms. The highest BCUT2D eigenvalue weighted by atomic mass is 16.5. The van der Waals surface area contributed by atoms with Gasteiger partial charge in [-0.2, -0.15) is 0 Å². The summed E-state index contributed by atoms with van der Waals surface area (Å²) in [6, 6.07) is 16.5. The number of nitrogens with two attached hydrogens (primary N) is 1. The van der Waals surface area contributed by atoms with Crippen LogP contribution < -0.4 is 26.1 Å². The predicted octanol–water partition coefficient (Wildman–Crippen LogP) is 3.13. The van der Waals surface area contributed by atoms with Gasteiger partial charge in [-0.05, 0) is 36.4 Å². The summed E-state index contributed by atoms with van der Waals surface area (Å²) in [4.78, 5) is 19.2. The Bertz CT molecular complexity index is 1240. The Hall–Kier alpha value is -3.58. The molecule has 3 N–H and O–H groups in total. The number of anilines is 2. The molecule has 0 radical (unpaired) electrons. The number of nitrogens with one attached hydrogen (secondary N) is 1. The smallest absolute Gasteiger partial charge is 0.219 e. The lowest BCUT2D eigenvalue weighted by Gasteiger charge is -2.29. The van der Waals surface area contributed by atoms with Gasteiger partial charge in [0, 0.05) is 37.9 Å². The Balaban J connectivity index is 1.47. The molecule has 1 aliphatic rings. The average molecular weight is 388 g/mol. The van der Waals surface area contributed by atoms with Crippen molar-refractivity contribution in [2.24, 2.45) is 0 Å². The number of hydrogen-bond acceptors (Lipinski definition) is 7. The number of rotatable bonds is 3. The van der Waals surface area contributed by atoms with Crippen molar-refractivity contribution in [3.05, 3.63) is 64.8 Å². The monoisotopic (exact) mass is 388 g/mol. The van der Waals surface area contributed by atoms with Crippen LogP contribution in [0.3, 0.4) is 0 Å². The van der Waals surface area contributed by atoms with Crippen molar-refractivity contribution in [2.45, 2.75) is 0 Å². The second-order valence-electron chi connectivity index (χ2n) is 6.98. The minimum Gasteiger partial charge on any atom is -0.454 e. The van der Waals surface area contributed by atoms with Crippen LogP contribution in [0.25, 0.3) is 22.1 Å². The molecule has 7 heteroatoms. The van der Waals surface area contributed by atoms with E-state index in [1.807, 2.05) is 30.3 Å². The van der Waals surface area contributed by atoms with Gasteiger partial charge < -0.3 is 25.1 Å². The van der Waals surface area contributed by atoms with Crippen LogP contribution in [0, 0.1) is 0 Å². The normalized spacial score (nSPS) is 14.4. The number of nitrogen functional groups attached to an aromatic ring is 1. The molecule has 0 aliphatic carbocycles. The number of hydrogen-bond donors (Lipinski definition) is 2. The molecule has 0 bridgehead atoms. The Morgan fingerprint density at radius 1 is 1.03 bits per heavy atom. The van der Waals surface area contributed by atoms with Gasteiger partial charge in [-0.25, -0.2) is 4.98 Å². The van der Waals surface area contributed by atoms with Gasteiger partial charge in [0.05, 0.1) is 5.39 Å². The van der Waals surface area contributed by atoms with Crippen LogP contribution in [-0.2, 0) is 0 Å². The van der Waals surface area contributed by atoms with E-state index in [1.54, 1.807) is 24.3 Å². The summed E-state index contributed by atoms with van der Waals surface area (Å²) in [5.41, 5.74) is 8.05. The van der Waals surface area contributed by atoms with Crippen molar-refractivity contribution in [1.82, 2.24) is 10.3 Å². The van der Waals surface area contributed by atoms with E-state index in [0.717, 1.165) is 31.9 Å². The van der Waals surface area contributed by atoms with Crippen molar-refractivity contribution in [3.63, 3.8) is 0 Å². The summed E-state index contributed by atoms with van der Waals surface area (Å²) in [6.45, 7) is 3.93. The van der Waals surface area contributed by atoms with E-state index in [9.17, 15) is 4.79 Å². The molecular formula is C22H20N4O3. The summed E-state index contributed by atoms with van der Waals surface area (Å²) in [5.74, 6) is 1.14. The lowest BCUT2D eigenvalue weighted by atomic mass is 10.2. The summed E-state index contributed by atoms with van der Waals surface area (Å²) >= 11 is 0. The first-order valence-corrected chi connectivity index (χ1v) is 9.55. The van der Waals surface area contributed by atoms with E-state index >= 15 is 0 Å². The third kappa shape index (κ3) is 3.25. The summed E-state index contributed by atoms with van der Waals surface area (Å²) in [6.07, 6.45) is 0. The zero-order valence-corrected chi connectivity index (χ0v) is 15.7. The lowest BCUT2D eigenvalue weighted by molar-refractivity contribution is 0.482. The largest absolute Gasteiger partial charge is 0.454 e. The number of piperazine rings is 1. The number of ether oxygens (including phenoxy) is 1. The molecule has 5 rings (SSSR count). The number of fused-ring (bicyclic) bond motifs is 2. The molecule has 3 heterocycles. The molecule has 1 aliphatic heterocycles. The third-order valence-corrected chi connectivity index (χ3v) is 5.09. The Labute approximate surface area is 166 Å². The number of pyridine rings is 1. The summed E-state index contributed by atoms with van der Waals surface area (Å²) in [5, 5.41) is 3.82. The predicted molar refractivity (Wildman–Crippen MR) is 114 cm³/mol. The fourth-order valence-corrected chi connectivity index (χ4v) is 3.58. The van der Waals surface area contributed by atoms with Crippen molar-refractivity contribution < 1.29 is 9.15 Å². The molecule has 1 saturated heterocycles. The van der Waals surface area contributed by atoms with Gasteiger partial charge in [-0.15, -0.1) is 0 Å². The van der Waals surface area contributed by atoms with E-state index in [2.05, 4.69) is 15.2 Å². The fraction of sp³-hybridized carbons (Fsp3) is 0.182. The quantitative estimate of drug-likeness (QED) is 0.521. The van der Waals surface area contributed by atoms with Gasteiger partial charge in [0.25, 0.3) is 0 Å². The third-order valence-electron chi connectivity index (χ3n) is 5.09. The minimum absolute atomic E-state index is 0.145. The standard InChI is InChI=1S/C22H20N4O3/c23-22-19(28-15-7-5-14(6-8-15)26-11-9-24-10-12-26)13-18-20(25-22)21(27)16-3-1-2-4-17(16)29-18/h1-8,13,24H,9-12H2,(H2,23,25). The molecule has 2 aromatic carbocycles. The van der Waals surface area contributed by atoms with Gasteiger partial charge in [0.2, 0.25) is 5.43 Å². The van der Waals surface area contributed by atoms with Gasteiger partial charge in [0.15, 0.2) is 22.7 Å². The summed E-state index contributed by atoms with van der Waals surface area (Å²) < 4.78 is 11.8. The van der Waals surface area contributed by atoms with Crippen LogP contribution >= 0.6 is 0 Å². The molecule has 7 nitrogen and oxygen atoms in total. The Morgan fingerprint density at radius 2 is 1.79 bits per heavy atom. The van der Waals surface area contributed by atoms with E-state index < -0.39 is 0 Å². The van der Waals surface area contributed by atoms with Gasteiger partial charge in [-0.1, -0.05) is 12.1 Å². The topological polar surface area (TPSA) is 93.6 Å². The minimum atomic E-state index is -0.208. The molecular weight excluding hydrogens is 368 g/mol. The molecule has 0 unspecified atom stereocenters. The maximum absolute atomic E-state index is 12.7. The van der Waals surface area contributed by atoms with E-state index in [4.69, 9.17) is 14.9 Å². The van der Waals surface area contributed by atoms with Crippen LogP contribution in [-0.4, -0.2) is 31.2 Å². The van der Waals surface area contributed by atoms with Gasteiger partial charge in [-0.3, -0.25) is 4.79 Å². The van der Waals surface area contributed by atoms with E-state index in [0.29, 0.717) is 28.1 Å². The second kappa shape index (κ2) is 7.10. The van der Waals surface area contributed by atoms with Crippen molar-refractivity contribution in [2.75, 3.05) is 36.8 Å². The van der Waals surface area contributed by atoms with E-state index in [-0.39, 0.29) is 16.8 Å². The average Bonchev–Trinajstić information content (AvgIpc) is 2.76. The number of nitrogens with zero attached hydrogens (tertiary/aromatic N) is 2. The maximum Gasteiger partial charge on any atom is 0.219 e. The maximum atomic E-state index is 12.7. The van der Waals surface area contributed by atoms with Crippen molar-refractivity contribution >= 4 is 33.6 Å². The molecule has 1 fully saturated rings. The highest BCUT2D eigenvalue weighted by Gasteiger charge is 2.14. The zero-order chi connectivity index (χ0) is 19.8. The van der Waals surface area contributed by atoms with Crippen LogP contribution in [0.2, 0.25) is 0 Å². The van der Waals surface area contributed by atoms with Crippen molar-refractivity contribution in [3.8, 4) is 11.5 Å². The first kappa shape index (κ1) is 17.5. The van der Waals surface area contributed by atoms with Crippen LogP contribution in [0.4, 0.5) is 11.5 Å². The van der Waals surface area contributed by atoms with Crippen LogP contribution in [0.1, 0.15) is 0 Å². The van der Waals surface area contributed by atoms with Gasteiger partial charge >= 0.3 is 0 Å². The lowest BCUT2D eigenvalue weighted by Crippen LogP contribution is -2.43. The highest BCUT2D eigenvalue weighted by Crippen LogP contribution is 2.31. The van der Waals surface area contributed by atoms with Gasteiger partial charge in [0.1, 0.15) is 11.3 Å². The summed E-state index contributed by atoms with van der Waals surface area (Å²) in [7, 11) is 0. The highest BCUT2D eigenvalue weighted by molar-refractivity contribution is 5.89. The molecule has 4 aromatic rings. The number of para-hydroxylation sites is 1. The van der Waals surface area contributed by atoms with Crippen LogP contribution in [0.5, 0.6) is 11.5 Å². The Kier molecular flexibility index (Phi) is 4.29. The Morgan fingerprint density at radius 3 is 2.59 bits per heavy atom. The van der Waals surface area contributed by atoms with Crippen LogP contribution in [0.15, 0.2) is 63.8 Å². The SMILES string of the molecule is Nc1nc2c(=O)c3ccccc3oc2cc1Oc1ccc(N2CCNCC2)cc1. The number of aromatic nitrogens is 1. The molecule has 0 saturated carbocycles. The first-order chi connectivity index (χ1) is 14.2. The molecule has 2 aromatic heterocycles. The second-order valence-corrected chi connectivity index (χ2v) is 6.98. The molecule has 29 heavy (non-hydrogen) atoms. The molecule has 0 atom stereocenters. The van der Waals surface area contributed by atoms with E-state index in [1.165, 1.54) is 0 Å². The molecule has 146 valence electrons. The fourth-order valence-electron chi connectivity index (χ4n) is 3.58. The molecule has 0 amide bonds.